The fourth-order valence-corrected chi connectivity index (χ4v) is 2.02. The molecule has 1 aromatic carbocycles. The van der Waals surface area contributed by atoms with Gasteiger partial charge in [0.25, 0.3) is 5.91 Å². The number of amides is 1. The molecule has 3 rings (SSSR count). The van der Waals surface area contributed by atoms with Crippen LogP contribution in [0.5, 0.6) is 11.5 Å². The molecule has 0 atom stereocenters. The number of hydrogen-bond acceptors (Lipinski definition) is 6. The van der Waals surface area contributed by atoms with Gasteiger partial charge in [-0.25, -0.2) is 4.98 Å². The Balaban J connectivity index is 1.72. The standard InChI is InChI=1S/C17H12N4O4/c22-17(20-16-3-1-2-9-19-16)12-4-6-13(7-5-12)25-15-8-10-18-11-14(15)21(23)24/h1-11H,(H,19,20,22). The van der Waals surface area contributed by atoms with Gasteiger partial charge in [0.05, 0.1) is 4.92 Å². The van der Waals surface area contributed by atoms with Crippen LogP contribution in [0.15, 0.2) is 67.1 Å². The largest absolute Gasteiger partial charge is 0.450 e. The Morgan fingerprint density at radius 2 is 1.88 bits per heavy atom. The highest BCUT2D eigenvalue weighted by Crippen LogP contribution is 2.30. The van der Waals surface area contributed by atoms with Crippen molar-refractivity contribution in [3.05, 3.63) is 82.8 Å². The number of carbonyl (C=O) groups excluding carboxylic acids is 1. The second-order valence-corrected chi connectivity index (χ2v) is 4.90. The number of aromatic nitrogens is 2. The summed E-state index contributed by atoms with van der Waals surface area (Å²) in [6, 6.07) is 12.8. The molecule has 2 heterocycles. The van der Waals surface area contributed by atoms with Gasteiger partial charge in [-0.2, -0.15) is 0 Å². The van der Waals surface area contributed by atoms with Crippen molar-refractivity contribution in [2.75, 3.05) is 5.32 Å². The van der Waals surface area contributed by atoms with Gasteiger partial charge in [0.2, 0.25) is 5.75 Å². The topological polar surface area (TPSA) is 107 Å². The van der Waals surface area contributed by atoms with Crippen LogP contribution in [0.3, 0.4) is 0 Å². The van der Waals surface area contributed by atoms with E-state index in [0.29, 0.717) is 17.1 Å². The molecule has 0 aliphatic rings. The maximum Gasteiger partial charge on any atom is 0.329 e. The number of nitro groups is 1. The summed E-state index contributed by atoms with van der Waals surface area (Å²) in [6.45, 7) is 0. The lowest BCUT2D eigenvalue weighted by molar-refractivity contribution is -0.386. The molecule has 0 aliphatic heterocycles. The molecular formula is C17H12N4O4. The number of carbonyl (C=O) groups is 1. The third-order valence-electron chi connectivity index (χ3n) is 3.21. The first-order chi connectivity index (χ1) is 12.1. The van der Waals surface area contributed by atoms with Crippen LogP contribution in [0.25, 0.3) is 0 Å². The van der Waals surface area contributed by atoms with Crippen molar-refractivity contribution in [3.8, 4) is 11.5 Å². The maximum absolute atomic E-state index is 12.1. The number of nitrogens with zero attached hydrogens (tertiary/aromatic N) is 3. The van der Waals surface area contributed by atoms with E-state index in [1.165, 1.54) is 12.3 Å². The Bertz CT molecular complexity index is 898. The van der Waals surface area contributed by atoms with Crippen molar-refractivity contribution >= 4 is 17.4 Å². The first-order valence-electron chi connectivity index (χ1n) is 7.22. The van der Waals surface area contributed by atoms with Crippen LogP contribution in [-0.4, -0.2) is 20.8 Å². The monoisotopic (exact) mass is 336 g/mol. The normalized spacial score (nSPS) is 10.1. The summed E-state index contributed by atoms with van der Waals surface area (Å²) in [5.74, 6) is 0.565. The molecule has 8 nitrogen and oxygen atoms in total. The van der Waals surface area contributed by atoms with Gasteiger partial charge in [0.15, 0.2) is 0 Å². The number of anilines is 1. The van der Waals surface area contributed by atoms with Crippen LogP contribution < -0.4 is 10.1 Å². The summed E-state index contributed by atoms with van der Waals surface area (Å²) in [7, 11) is 0. The molecule has 124 valence electrons. The third kappa shape index (κ3) is 3.94. The molecule has 0 radical (unpaired) electrons. The number of ether oxygens (including phenoxy) is 1. The van der Waals surface area contributed by atoms with E-state index < -0.39 is 4.92 Å². The van der Waals surface area contributed by atoms with Gasteiger partial charge in [-0.15, -0.1) is 0 Å². The third-order valence-corrected chi connectivity index (χ3v) is 3.21. The Morgan fingerprint density at radius 1 is 1.08 bits per heavy atom. The Morgan fingerprint density at radius 3 is 2.56 bits per heavy atom. The Labute approximate surface area is 142 Å². The predicted molar refractivity (Wildman–Crippen MR) is 89.6 cm³/mol. The SMILES string of the molecule is O=C(Nc1ccccn1)c1ccc(Oc2ccncc2[N+](=O)[O-])cc1. The molecule has 0 saturated carbocycles. The number of rotatable bonds is 5. The highest BCUT2D eigenvalue weighted by molar-refractivity contribution is 6.03. The molecule has 0 saturated heterocycles. The van der Waals surface area contributed by atoms with Crippen LogP contribution in [0.1, 0.15) is 10.4 Å². The minimum Gasteiger partial charge on any atom is -0.450 e. The lowest BCUT2D eigenvalue weighted by atomic mass is 10.2. The van der Waals surface area contributed by atoms with E-state index in [1.54, 1.807) is 48.7 Å². The molecule has 25 heavy (non-hydrogen) atoms. The molecule has 1 N–H and O–H groups in total. The van der Waals surface area contributed by atoms with Crippen LogP contribution in [0.4, 0.5) is 11.5 Å². The molecule has 8 heteroatoms. The lowest BCUT2D eigenvalue weighted by Crippen LogP contribution is -2.12. The predicted octanol–water partition coefficient (Wildman–Crippen LogP) is 3.43. The number of nitrogens with one attached hydrogen (secondary N) is 1. The molecule has 0 spiro atoms. The highest BCUT2D eigenvalue weighted by Gasteiger charge is 2.15. The highest BCUT2D eigenvalue weighted by atomic mass is 16.6. The summed E-state index contributed by atoms with van der Waals surface area (Å²) < 4.78 is 5.50. The van der Waals surface area contributed by atoms with Crippen LogP contribution in [-0.2, 0) is 0 Å². The van der Waals surface area contributed by atoms with Crippen LogP contribution in [0.2, 0.25) is 0 Å². The molecular weight excluding hydrogens is 324 g/mol. The van der Waals surface area contributed by atoms with Crippen LogP contribution in [0, 0.1) is 10.1 Å². The molecule has 0 unspecified atom stereocenters. The van der Waals surface area contributed by atoms with Gasteiger partial charge < -0.3 is 10.1 Å². The van der Waals surface area contributed by atoms with Crippen molar-refractivity contribution < 1.29 is 14.5 Å². The van der Waals surface area contributed by atoms with Gasteiger partial charge in [-0.3, -0.25) is 19.9 Å². The van der Waals surface area contributed by atoms with Gasteiger partial charge >= 0.3 is 5.69 Å². The zero-order valence-electron chi connectivity index (χ0n) is 12.8. The zero-order chi connectivity index (χ0) is 17.6. The molecule has 2 aromatic heterocycles. The number of benzene rings is 1. The van der Waals surface area contributed by atoms with Crippen molar-refractivity contribution in [1.82, 2.24) is 9.97 Å². The maximum atomic E-state index is 12.1. The zero-order valence-corrected chi connectivity index (χ0v) is 12.8. The van der Waals surface area contributed by atoms with Gasteiger partial charge in [0, 0.05) is 24.0 Å². The van der Waals surface area contributed by atoms with Gasteiger partial charge in [-0.1, -0.05) is 6.07 Å². The van der Waals surface area contributed by atoms with E-state index in [9.17, 15) is 14.9 Å². The first-order valence-corrected chi connectivity index (χ1v) is 7.22. The fraction of sp³-hybridized carbons (Fsp3) is 0. The number of hydrogen-bond donors (Lipinski definition) is 1. The Hall–Kier alpha value is -3.81. The molecule has 0 fully saturated rings. The second-order valence-electron chi connectivity index (χ2n) is 4.90. The lowest BCUT2D eigenvalue weighted by Gasteiger charge is -2.07. The van der Waals surface area contributed by atoms with Crippen molar-refractivity contribution in [2.45, 2.75) is 0 Å². The average Bonchev–Trinajstić information content (AvgIpc) is 2.63. The average molecular weight is 336 g/mol. The minimum absolute atomic E-state index is 0.0747. The summed E-state index contributed by atoms with van der Waals surface area (Å²) in [6.07, 6.45) is 4.09. The summed E-state index contributed by atoms with van der Waals surface area (Å²) >= 11 is 0. The smallest absolute Gasteiger partial charge is 0.329 e. The minimum atomic E-state index is -0.572. The summed E-state index contributed by atoms with van der Waals surface area (Å²) in [5, 5.41) is 13.6. The van der Waals surface area contributed by atoms with E-state index in [2.05, 4.69) is 15.3 Å². The summed E-state index contributed by atoms with van der Waals surface area (Å²) in [5.41, 5.74) is 0.168. The quantitative estimate of drug-likeness (QED) is 0.565. The van der Waals surface area contributed by atoms with Crippen molar-refractivity contribution in [3.63, 3.8) is 0 Å². The van der Waals surface area contributed by atoms with Crippen LogP contribution >= 0.6 is 0 Å². The van der Waals surface area contributed by atoms with E-state index >= 15 is 0 Å². The molecule has 3 aromatic rings. The van der Waals surface area contributed by atoms with E-state index in [4.69, 9.17) is 4.74 Å². The summed E-state index contributed by atoms with van der Waals surface area (Å²) in [4.78, 5) is 30.2. The second kappa shape index (κ2) is 7.18. The Kier molecular flexibility index (Phi) is 4.61. The van der Waals surface area contributed by atoms with Gasteiger partial charge in [0.1, 0.15) is 17.8 Å². The fourth-order valence-electron chi connectivity index (χ4n) is 2.02. The molecule has 0 aliphatic carbocycles. The van der Waals surface area contributed by atoms with Gasteiger partial charge in [-0.05, 0) is 36.4 Å². The molecule has 1 amide bonds. The van der Waals surface area contributed by atoms with Crippen molar-refractivity contribution in [2.24, 2.45) is 0 Å². The molecule has 0 bridgehead atoms. The first kappa shape index (κ1) is 16.1. The van der Waals surface area contributed by atoms with E-state index in [1.807, 2.05) is 0 Å². The van der Waals surface area contributed by atoms with E-state index in [-0.39, 0.29) is 17.3 Å². The van der Waals surface area contributed by atoms with E-state index in [0.717, 1.165) is 6.20 Å². The number of pyridine rings is 2. The van der Waals surface area contributed by atoms with Crippen molar-refractivity contribution in [1.29, 1.82) is 0 Å².